The second kappa shape index (κ2) is 10.3. The molecule has 0 saturated carbocycles. The summed E-state index contributed by atoms with van der Waals surface area (Å²) in [4.78, 5) is 0. The van der Waals surface area contributed by atoms with Crippen LogP contribution >= 0.6 is 0 Å². The van der Waals surface area contributed by atoms with Crippen molar-refractivity contribution in [2.45, 2.75) is 107 Å². The van der Waals surface area contributed by atoms with Crippen LogP contribution in [0.1, 0.15) is 118 Å². The van der Waals surface area contributed by atoms with E-state index in [0.29, 0.717) is 23.3 Å². The van der Waals surface area contributed by atoms with E-state index in [0.717, 1.165) is 25.7 Å². The highest BCUT2D eigenvalue weighted by atomic mass is 16.3. The van der Waals surface area contributed by atoms with Gasteiger partial charge in [0, 0.05) is 0 Å². The number of phenolic OH excluding ortho intramolecular Hbond substituents is 2. The molecule has 0 amide bonds. The molecule has 34 heavy (non-hydrogen) atoms. The third kappa shape index (κ3) is 8.36. The third-order valence-corrected chi connectivity index (χ3v) is 7.60. The van der Waals surface area contributed by atoms with Crippen LogP contribution in [0.25, 0.3) is 0 Å². The highest BCUT2D eigenvalue weighted by Gasteiger charge is 2.37. The first-order chi connectivity index (χ1) is 15.4. The summed E-state index contributed by atoms with van der Waals surface area (Å²) in [5.41, 5.74) is 3.33. The van der Waals surface area contributed by atoms with E-state index in [2.05, 4.69) is 93.5 Å². The van der Waals surface area contributed by atoms with Gasteiger partial charge in [0.2, 0.25) is 0 Å². The second-order valence-electron chi connectivity index (χ2n) is 14.3. The molecule has 2 nitrogen and oxygen atoms in total. The molecule has 2 aromatic carbocycles. The van der Waals surface area contributed by atoms with Gasteiger partial charge in [-0.05, 0) is 94.6 Å². The molecule has 2 atom stereocenters. The van der Waals surface area contributed by atoms with Crippen LogP contribution in [0.5, 0.6) is 11.5 Å². The van der Waals surface area contributed by atoms with Crippen LogP contribution in [0, 0.1) is 21.7 Å². The Morgan fingerprint density at radius 1 is 0.559 bits per heavy atom. The van der Waals surface area contributed by atoms with E-state index < -0.39 is 0 Å². The van der Waals surface area contributed by atoms with Gasteiger partial charge in [-0.25, -0.2) is 0 Å². The Kier molecular flexibility index (Phi) is 8.60. The summed E-state index contributed by atoms with van der Waals surface area (Å²) in [6, 6.07) is 15.7. The Morgan fingerprint density at radius 3 is 1.35 bits per heavy atom. The number of hydrogen-bond acceptors (Lipinski definition) is 2. The van der Waals surface area contributed by atoms with Crippen LogP contribution in [0.3, 0.4) is 0 Å². The third-order valence-electron chi connectivity index (χ3n) is 7.60. The van der Waals surface area contributed by atoms with E-state index in [1.807, 2.05) is 24.3 Å². The average Bonchev–Trinajstić information content (AvgIpc) is 2.69. The maximum atomic E-state index is 9.83. The molecule has 0 saturated heterocycles. The standard InChI is InChI=1S/C32H50O2/c1-29(2,3)21-28(24-13-17-26(34)18-14-24)32(9,10)20-19-31(7,8)22-27(30(4,5)6)23-11-15-25(33)16-12-23/h11-18,27-28,33-34H,19-22H2,1-10H3. The summed E-state index contributed by atoms with van der Waals surface area (Å²) in [7, 11) is 0. The number of hydrogen-bond donors (Lipinski definition) is 2. The molecule has 0 spiro atoms. The van der Waals surface area contributed by atoms with E-state index in [9.17, 15) is 10.2 Å². The Morgan fingerprint density at radius 2 is 0.971 bits per heavy atom. The van der Waals surface area contributed by atoms with Gasteiger partial charge in [0.05, 0.1) is 0 Å². The molecule has 0 fully saturated rings. The lowest BCUT2D eigenvalue weighted by Gasteiger charge is -2.42. The van der Waals surface area contributed by atoms with Gasteiger partial charge in [0.1, 0.15) is 11.5 Å². The van der Waals surface area contributed by atoms with Crippen LogP contribution < -0.4 is 0 Å². The fourth-order valence-corrected chi connectivity index (χ4v) is 5.28. The summed E-state index contributed by atoms with van der Waals surface area (Å²) < 4.78 is 0. The van der Waals surface area contributed by atoms with E-state index in [-0.39, 0.29) is 21.7 Å². The molecule has 2 unspecified atom stereocenters. The van der Waals surface area contributed by atoms with Gasteiger partial charge in [-0.3, -0.25) is 0 Å². The Balaban J connectivity index is 2.23. The molecule has 190 valence electrons. The lowest BCUT2D eigenvalue weighted by Crippen LogP contribution is -2.30. The van der Waals surface area contributed by atoms with Crippen LogP contribution in [-0.4, -0.2) is 10.2 Å². The van der Waals surface area contributed by atoms with Crippen LogP contribution in [0.2, 0.25) is 0 Å². The first-order valence-electron chi connectivity index (χ1n) is 13.0. The molecule has 2 rings (SSSR count). The highest BCUT2D eigenvalue weighted by molar-refractivity contribution is 5.30. The maximum Gasteiger partial charge on any atom is 0.115 e. The van der Waals surface area contributed by atoms with Gasteiger partial charge in [-0.2, -0.15) is 0 Å². The molecule has 0 bridgehead atoms. The van der Waals surface area contributed by atoms with Gasteiger partial charge in [0.25, 0.3) is 0 Å². The minimum absolute atomic E-state index is 0.136. The first kappa shape index (κ1) is 28.3. The molecule has 0 heterocycles. The van der Waals surface area contributed by atoms with Crippen LogP contribution in [0.4, 0.5) is 0 Å². The SMILES string of the molecule is CC(C)(C)CC(c1ccc(O)cc1)C(C)(C)CCC(C)(C)CC(c1ccc(O)cc1)C(C)(C)C. The summed E-state index contributed by atoms with van der Waals surface area (Å²) in [6.07, 6.45) is 4.53. The summed E-state index contributed by atoms with van der Waals surface area (Å²) in [5.74, 6) is 1.52. The normalized spacial score (nSPS) is 15.2. The largest absolute Gasteiger partial charge is 0.508 e. The van der Waals surface area contributed by atoms with E-state index in [1.54, 1.807) is 0 Å². The molecule has 0 aliphatic rings. The van der Waals surface area contributed by atoms with Gasteiger partial charge in [0.15, 0.2) is 0 Å². The van der Waals surface area contributed by atoms with Crippen molar-refractivity contribution >= 4 is 0 Å². The van der Waals surface area contributed by atoms with Crippen molar-refractivity contribution in [1.82, 2.24) is 0 Å². The predicted octanol–water partition coefficient (Wildman–Crippen LogP) is 9.67. The fourth-order valence-electron chi connectivity index (χ4n) is 5.28. The number of benzene rings is 2. The Labute approximate surface area is 209 Å². The van der Waals surface area contributed by atoms with E-state index >= 15 is 0 Å². The quantitative estimate of drug-likeness (QED) is 0.386. The molecule has 0 aliphatic heterocycles. The molecule has 2 heteroatoms. The van der Waals surface area contributed by atoms with Gasteiger partial charge in [-0.15, -0.1) is 0 Å². The average molecular weight is 467 g/mol. The van der Waals surface area contributed by atoms with Crippen molar-refractivity contribution in [3.8, 4) is 11.5 Å². The summed E-state index contributed by atoms with van der Waals surface area (Å²) >= 11 is 0. The zero-order valence-corrected chi connectivity index (χ0v) is 23.5. The van der Waals surface area contributed by atoms with Gasteiger partial charge in [-0.1, -0.05) is 93.5 Å². The minimum Gasteiger partial charge on any atom is -0.508 e. The summed E-state index contributed by atoms with van der Waals surface area (Å²) in [5, 5.41) is 19.6. The second-order valence-corrected chi connectivity index (χ2v) is 14.3. The smallest absolute Gasteiger partial charge is 0.115 e. The molecule has 2 aromatic rings. The zero-order valence-electron chi connectivity index (χ0n) is 23.5. The number of aromatic hydroxyl groups is 2. The molecule has 2 N–H and O–H groups in total. The molecule has 0 radical (unpaired) electrons. The van der Waals surface area contributed by atoms with E-state index in [4.69, 9.17) is 0 Å². The Bertz CT molecular complexity index is 890. The monoisotopic (exact) mass is 466 g/mol. The first-order valence-corrected chi connectivity index (χ1v) is 13.0. The zero-order chi connectivity index (χ0) is 25.9. The molecular weight excluding hydrogens is 416 g/mol. The van der Waals surface area contributed by atoms with Crippen molar-refractivity contribution in [3.05, 3.63) is 59.7 Å². The fraction of sp³-hybridized carbons (Fsp3) is 0.625. The van der Waals surface area contributed by atoms with Gasteiger partial charge < -0.3 is 10.2 Å². The van der Waals surface area contributed by atoms with Crippen LogP contribution in [-0.2, 0) is 0 Å². The van der Waals surface area contributed by atoms with Crippen molar-refractivity contribution in [2.24, 2.45) is 21.7 Å². The highest BCUT2D eigenvalue weighted by Crippen LogP contribution is 2.50. The molecular formula is C32H50O2. The van der Waals surface area contributed by atoms with Crippen molar-refractivity contribution in [2.75, 3.05) is 0 Å². The summed E-state index contributed by atoms with van der Waals surface area (Å²) in [6.45, 7) is 23.6. The lowest BCUT2D eigenvalue weighted by molar-refractivity contribution is 0.144. The topological polar surface area (TPSA) is 40.5 Å². The molecule has 0 aromatic heterocycles. The van der Waals surface area contributed by atoms with Crippen molar-refractivity contribution < 1.29 is 10.2 Å². The number of rotatable bonds is 9. The van der Waals surface area contributed by atoms with Crippen molar-refractivity contribution in [3.63, 3.8) is 0 Å². The van der Waals surface area contributed by atoms with Gasteiger partial charge >= 0.3 is 0 Å². The van der Waals surface area contributed by atoms with Crippen LogP contribution in [0.15, 0.2) is 48.5 Å². The predicted molar refractivity (Wildman–Crippen MR) is 147 cm³/mol. The maximum absolute atomic E-state index is 9.83. The Hall–Kier alpha value is -1.96. The van der Waals surface area contributed by atoms with Crippen molar-refractivity contribution in [1.29, 1.82) is 0 Å². The molecule has 0 aliphatic carbocycles. The van der Waals surface area contributed by atoms with E-state index in [1.165, 1.54) is 11.1 Å². The minimum atomic E-state index is 0.136. The lowest BCUT2D eigenvalue weighted by atomic mass is 9.63. The number of phenols is 2.